The number of rotatable bonds is 6. The lowest BCUT2D eigenvalue weighted by Crippen LogP contribution is -2.25. The van der Waals surface area contributed by atoms with Gasteiger partial charge >= 0.3 is 0 Å². The monoisotopic (exact) mass is 249 g/mol. The Labute approximate surface area is 109 Å². The van der Waals surface area contributed by atoms with Gasteiger partial charge in [0.25, 0.3) is 0 Å². The Kier molecular flexibility index (Phi) is 4.12. The molecule has 1 aromatic rings. The van der Waals surface area contributed by atoms with Crippen LogP contribution in [0.5, 0.6) is 11.5 Å². The molecule has 2 rings (SSSR count). The van der Waals surface area contributed by atoms with Crippen LogP contribution in [0.2, 0.25) is 0 Å². The van der Waals surface area contributed by atoms with Crippen molar-refractivity contribution in [1.82, 2.24) is 5.32 Å². The molecule has 0 radical (unpaired) electrons. The molecule has 0 aromatic heterocycles. The van der Waals surface area contributed by atoms with Crippen LogP contribution in [-0.4, -0.2) is 26.8 Å². The van der Waals surface area contributed by atoms with Gasteiger partial charge in [-0.15, -0.1) is 0 Å². The third-order valence-electron chi connectivity index (χ3n) is 3.51. The number of nitrogens with one attached hydrogen (secondary N) is 1. The first kappa shape index (κ1) is 13.2. The Bertz CT molecular complexity index is 381. The Morgan fingerprint density at radius 3 is 2.28 bits per heavy atom. The summed E-state index contributed by atoms with van der Waals surface area (Å²) in [6.07, 6.45) is 1.26. The van der Waals surface area contributed by atoms with Crippen molar-refractivity contribution in [2.45, 2.75) is 32.2 Å². The van der Waals surface area contributed by atoms with Gasteiger partial charge in [-0.05, 0) is 42.5 Å². The van der Waals surface area contributed by atoms with Gasteiger partial charge in [-0.25, -0.2) is 0 Å². The first-order chi connectivity index (χ1) is 8.63. The van der Waals surface area contributed by atoms with Crippen molar-refractivity contribution in [2.75, 3.05) is 20.8 Å². The van der Waals surface area contributed by atoms with Gasteiger partial charge in [0.1, 0.15) is 11.5 Å². The normalized spacial score (nSPS) is 22.1. The van der Waals surface area contributed by atoms with Crippen molar-refractivity contribution in [2.24, 2.45) is 5.92 Å². The van der Waals surface area contributed by atoms with Crippen molar-refractivity contribution in [3.05, 3.63) is 23.8 Å². The molecule has 2 unspecified atom stereocenters. The van der Waals surface area contributed by atoms with Gasteiger partial charge in [-0.1, -0.05) is 13.8 Å². The van der Waals surface area contributed by atoms with Crippen molar-refractivity contribution in [3.63, 3.8) is 0 Å². The van der Waals surface area contributed by atoms with E-state index in [0.29, 0.717) is 12.0 Å². The smallest absolute Gasteiger partial charge is 0.122 e. The third-order valence-corrected chi connectivity index (χ3v) is 3.51. The maximum atomic E-state index is 5.31. The minimum Gasteiger partial charge on any atom is -0.497 e. The topological polar surface area (TPSA) is 30.5 Å². The lowest BCUT2D eigenvalue weighted by atomic mass is 10.1. The van der Waals surface area contributed by atoms with Gasteiger partial charge in [0.15, 0.2) is 0 Å². The minimum atomic E-state index is 0.561. The SMILES string of the molecule is COc1cc(OC)cc(C2CC2CNC(C)C)c1. The highest BCUT2D eigenvalue weighted by Gasteiger charge is 2.38. The first-order valence-electron chi connectivity index (χ1n) is 6.60. The van der Waals surface area contributed by atoms with E-state index in [1.807, 2.05) is 6.07 Å². The molecule has 1 N–H and O–H groups in total. The van der Waals surface area contributed by atoms with Gasteiger partial charge in [0.2, 0.25) is 0 Å². The summed E-state index contributed by atoms with van der Waals surface area (Å²) in [5, 5.41) is 3.50. The van der Waals surface area contributed by atoms with Crippen LogP contribution in [0.25, 0.3) is 0 Å². The van der Waals surface area contributed by atoms with E-state index < -0.39 is 0 Å². The van der Waals surface area contributed by atoms with Crippen LogP contribution in [-0.2, 0) is 0 Å². The molecule has 0 bridgehead atoms. The number of hydrogen-bond acceptors (Lipinski definition) is 3. The molecule has 0 heterocycles. The lowest BCUT2D eigenvalue weighted by molar-refractivity contribution is 0.393. The molecule has 2 atom stereocenters. The second kappa shape index (κ2) is 5.61. The van der Waals surface area contributed by atoms with E-state index in [4.69, 9.17) is 9.47 Å². The molecule has 1 fully saturated rings. The van der Waals surface area contributed by atoms with Gasteiger partial charge in [-0.2, -0.15) is 0 Å². The molecule has 0 amide bonds. The second-order valence-electron chi connectivity index (χ2n) is 5.31. The van der Waals surface area contributed by atoms with Crippen LogP contribution in [0.15, 0.2) is 18.2 Å². The van der Waals surface area contributed by atoms with E-state index in [2.05, 4.69) is 31.3 Å². The highest BCUT2D eigenvalue weighted by Crippen LogP contribution is 2.48. The average Bonchev–Trinajstić information content (AvgIpc) is 3.15. The van der Waals surface area contributed by atoms with E-state index in [-0.39, 0.29) is 0 Å². The summed E-state index contributed by atoms with van der Waals surface area (Å²) in [5.41, 5.74) is 1.33. The highest BCUT2D eigenvalue weighted by atomic mass is 16.5. The molecule has 0 saturated heterocycles. The predicted molar refractivity (Wildman–Crippen MR) is 73.5 cm³/mol. The maximum absolute atomic E-state index is 5.31. The summed E-state index contributed by atoms with van der Waals surface area (Å²) in [4.78, 5) is 0. The van der Waals surface area contributed by atoms with Crippen LogP contribution in [0.4, 0.5) is 0 Å². The molecule has 1 aliphatic rings. The molecule has 1 aliphatic carbocycles. The number of ether oxygens (including phenoxy) is 2. The number of benzene rings is 1. The second-order valence-corrected chi connectivity index (χ2v) is 5.31. The standard InChI is InChI=1S/C15H23NO2/c1-10(2)16-9-12-7-15(12)11-5-13(17-3)8-14(6-11)18-4/h5-6,8,10,12,15-16H,7,9H2,1-4H3. The fourth-order valence-corrected chi connectivity index (χ4v) is 2.31. The van der Waals surface area contributed by atoms with Crippen LogP contribution in [0, 0.1) is 5.92 Å². The molecule has 1 aromatic carbocycles. The summed E-state index contributed by atoms with van der Waals surface area (Å²) in [5.74, 6) is 3.17. The summed E-state index contributed by atoms with van der Waals surface area (Å²) >= 11 is 0. The minimum absolute atomic E-state index is 0.561. The van der Waals surface area contributed by atoms with Gasteiger partial charge < -0.3 is 14.8 Å². The van der Waals surface area contributed by atoms with Gasteiger partial charge in [0, 0.05) is 12.1 Å². The van der Waals surface area contributed by atoms with Crippen molar-refractivity contribution >= 4 is 0 Å². The van der Waals surface area contributed by atoms with E-state index in [0.717, 1.165) is 24.0 Å². The van der Waals surface area contributed by atoms with Crippen LogP contribution < -0.4 is 14.8 Å². The fraction of sp³-hybridized carbons (Fsp3) is 0.600. The Hall–Kier alpha value is -1.22. The molecular formula is C15H23NO2. The van der Waals surface area contributed by atoms with E-state index in [1.54, 1.807) is 14.2 Å². The molecule has 3 heteroatoms. The predicted octanol–water partition coefficient (Wildman–Crippen LogP) is 2.81. The van der Waals surface area contributed by atoms with Gasteiger partial charge in [-0.3, -0.25) is 0 Å². The summed E-state index contributed by atoms with van der Waals surface area (Å²) in [6, 6.07) is 6.74. The molecular weight excluding hydrogens is 226 g/mol. The van der Waals surface area contributed by atoms with Crippen LogP contribution in [0.3, 0.4) is 0 Å². The summed E-state index contributed by atoms with van der Waals surface area (Å²) < 4.78 is 10.6. The van der Waals surface area contributed by atoms with Gasteiger partial charge in [0.05, 0.1) is 14.2 Å². The molecule has 100 valence electrons. The van der Waals surface area contributed by atoms with Crippen LogP contribution >= 0.6 is 0 Å². The van der Waals surface area contributed by atoms with E-state index in [1.165, 1.54) is 12.0 Å². The molecule has 1 saturated carbocycles. The Balaban J connectivity index is 2.01. The van der Waals surface area contributed by atoms with E-state index in [9.17, 15) is 0 Å². The highest BCUT2D eigenvalue weighted by molar-refractivity contribution is 5.42. The Morgan fingerprint density at radius 1 is 1.17 bits per heavy atom. The molecule has 3 nitrogen and oxygen atoms in total. The first-order valence-corrected chi connectivity index (χ1v) is 6.60. The lowest BCUT2D eigenvalue weighted by Gasteiger charge is -2.09. The molecule has 0 spiro atoms. The summed E-state index contributed by atoms with van der Waals surface area (Å²) in [7, 11) is 3.40. The zero-order chi connectivity index (χ0) is 13.1. The molecule has 18 heavy (non-hydrogen) atoms. The maximum Gasteiger partial charge on any atom is 0.122 e. The van der Waals surface area contributed by atoms with Crippen molar-refractivity contribution < 1.29 is 9.47 Å². The van der Waals surface area contributed by atoms with E-state index >= 15 is 0 Å². The number of hydrogen-bond donors (Lipinski definition) is 1. The van der Waals surface area contributed by atoms with Crippen LogP contribution in [0.1, 0.15) is 31.7 Å². The average molecular weight is 249 g/mol. The number of methoxy groups -OCH3 is 2. The summed E-state index contributed by atoms with van der Waals surface area (Å²) in [6.45, 7) is 5.47. The largest absolute Gasteiger partial charge is 0.497 e. The fourth-order valence-electron chi connectivity index (χ4n) is 2.31. The van der Waals surface area contributed by atoms with Crippen molar-refractivity contribution in [1.29, 1.82) is 0 Å². The zero-order valence-electron chi connectivity index (χ0n) is 11.7. The quantitative estimate of drug-likeness (QED) is 0.841. The Morgan fingerprint density at radius 2 is 1.78 bits per heavy atom. The zero-order valence-corrected chi connectivity index (χ0v) is 11.7. The third kappa shape index (κ3) is 3.16. The van der Waals surface area contributed by atoms with Crippen molar-refractivity contribution in [3.8, 4) is 11.5 Å². The molecule has 0 aliphatic heterocycles.